The normalized spacial score (nSPS) is 9.47. The second-order valence-electron chi connectivity index (χ2n) is 2.79. The molecule has 3 nitrogen and oxygen atoms in total. The first-order valence-corrected chi connectivity index (χ1v) is 4.41. The van der Waals surface area contributed by atoms with E-state index in [1.54, 1.807) is 6.07 Å². The van der Waals surface area contributed by atoms with E-state index in [2.05, 4.69) is 4.74 Å². The van der Waals surface area contributed by atoms with E-state index in [1.807, 2.05) is 0 Å². The third-order valence-corrected chi connectivity index (χ3v) is 2.13. The van der Waals surface area contributed by atoms with Crippen LogP contribution in [0.15, 0.2) is 12.1 Å². The van der Waals surface area contributed by atoms with Gasteiger partial charge in [0.2, 0.25) is 0 Å². The van der Waals surface area contributed by atoms with Gasteiger partial charge in [0.1, 0.15) is 11.9 Å². The topological polar surface area (TPSA) is 50.1 Å². The van der Waals surface area contributed by atoms with E-state index >= 15 is 0 Å². The molecule has 0 fully saturated rings. The molecule has 0 atom stereocenters. The molecule has 0 aliphatic carbocycles. The van der Waals surface area contributed by atoms with Crippen molar-refractivity contribution in [3.63, 3.8) is 0 Å². The van der Waals surface area contributed by atoms with Crippen LogP contribution in [0.5, 0.6) is 0 Å². The second kappa shape index (κ2) is 4.76. The van der Waals surface area contributed by atoms with Crippen molar-refractivity contribution >= 4 is 17.6 Å². The largest absolute Gasteiger partial charge is 0.469 e. The third-order valence-electron chi connectivity index (χ3n) is 1.82. The first-order valence-electron chi connectivity index (χ1n) is 4.03. The van der Waals surface area contributed by atoms with E-state index in [0.29, 0.717) is 0 Å². The smallest absolute Gasteiger partial charge is 0.310 e. The van der Waals surface area contributed by atoms with Gasteiger partial charge in [-0.05, 0) is 12.1 Å². The molecule has 0 saturated heterocycles. The quantitative estimate of drug-likeness (QED) is 0.727. The number of halogens is 2. The Bertz CT molecular complexity index is 440. The van der Waals surface area contributed by atoms with Gasteiger partial charge in [-0.15, -0.1) is 0 Å². The van der Waals surface area contributed by atoms with Crippen molar-refractivity contribution in [3.05, 3.63) is 34.1 Å². The van der Waals surface area contributed by atoms with Gasteiger partial charge in [0.25, 0.3) is 0 Å². The number of benzene rings is 1. The van der Waals surface area contributed by atoms with Crippen molar-refractivity contribution in [2.45, 2.75) is 6.42 Å². The molecule has 0 radical (unpaired) electrons. The first-order chi connectivity index (χ1) is 7.08. The molecule has 0 amide bonds. The van der Waals surface area contributed by atoms with Crippen molar-refractivity contribution in [3.8, 4) is 6.07 Å². The molecule has 1 aromatic carbocycles. The lowest BCUT2D eigenvalue weighted by atomic mass is 10.1. The van der Waals surface area contributed by atoms with Crippen LogP contribution in [0.25, 0.3) is 0 Å². The molecule has 1 aromatic rings. The van der Waals surface area contributed by atoms with Crippen LogP contribution in [0, 0.1) is 17.1 Å². The van der Waals surface area contributed by atoms with Gasteiger partial charge in [0, 0.05) is 5.56 Å². The summed E-state index contributed by atoms with van der Waals surface area (Å²) in [6, 6.07) is 4.06. The fraction of sp³-hybridized carbons (Fsp3) is 0.200. The molecule has 0 unspecified atom stereocenters. The van der Waals surface area contributed by atoms with E-state index in [4.69, 9.17) is 16.9 Å². The Kier molecular flexibility index (Phi) is 3.64. The zero-order chi connectivity index (χ0) is 11.4. The molecule has 0 aliphatic rings. The van der Waals surface area contributed by atoms with Crippen molar-refractivity contribution in [2.75, 3.05) is 7.11 Å². The lowest BCUT2D eigenvalue weighted by molar-refractivity contribution is -0.139. The van der Waals surface area contributed by atoms with Gasteiger partial charge < -0.3 is 4.74 Å². The number of nitrogens with zero attached hydrogens (tertiary/aromatic N) is 1. The van der Waals surface area contributed by atoms with Crippen molar-refractivity contribution < 1.29 is 13.9 Å². The summed E-state index contributed by atoms with van der Waals surface area (Å²) in [5, 5.41) is 8.68. The number of carbonyl (C=O) groups is 1. The minimum atomic E-state index is -0.621. The molecule has 0 aliphatic heterocycles. The van der Waals surface area contributed by atoms with Crippen LogP contribution in [-0.2, 0) is 16.0 Å². The number of ether oxygens (including phenoxy) is 1. The predicted octanol–water partition coefficient (Wildman–Crippen LogP) is 2.07. The van der Waals surface area contributed by atoms with E-state index < -0.39 is 11.8 Å². The molecule has 0 heterocycles. The summed E-state index contributed by atoms with van der Waals surface area (Å²) >= 11 is 5.59. The Morgan fingerprint density at radius 2 is 2.33 bits per heavy atom. The predicted molar refractivity (Wildman–Crippen MR) is 51.8 cm³/mol. The van der Waals surface area contributed by atoms with Crippen molar-refractivity contribution in [1.82, 2.24) is 0 Å². The van der Waals surface area contributed by atoms with E-state index in [0.717, 1.165) is 6.07 Å². The lowest BCUT2D eigenvalue weighted by Gasteiger charge is -2.03. The van der Waals surface area contributed by atoms with Crippen LogP contribution < -0.4 is 0 Å². The van der Waals surface area contributed by atoms with Gasteiger partial charge in [-0.25, -0.2) is 4.39 Å². The summed E-state index contributed by atoms with van der Waals surface area (Å²) in [5.74, 6) is -1.19. The summed E-state index contributed by atoms with van der Waals surface area (Å²) in [4.78, 5) is 10.9. The molecule has 1 rings (SSSR count). The van der Waals surface area contributed by atoms with Crippen LogP contribution in [0.1, 0.15) is 11.1 Å². The zero-order valence-corrected chi connectivity index (χ0v) is 8.64. The molecule has 0 bridgehead atoms. The molecular formula is C10H7ClFNO2. The monoisotopic (exact) mass is 227 g/mol. The summed E-state index contributed by atoms with van der Waals surface area (Å²) in [6.07, 6.45) is -0.214. The number of carbonyl (C=O) groups excluding carboxylic acids is 1. The SMILES string of the molecule is COC(=O)Cc1cc(C#N)c(Cl)cc1F. The number of nitriles is 1. The summed E-state index contributed by atoms with van der Waals surface area (Å²) in [7, 11) is 1.21. The van der Waals surface area contributed by atoms with Gasteiger partial charge in [0.15, 0.2) is 0 Å². The van der Waals surface area contributed by atoms with E-state index in [-0.39, 0.29) is 22.6 Å². The molecule has 78 valence electrons. The van der Waals surface area contributed by atoms with Gasteiger partial charge >= 0.3 is 5.97 Å². The molecule has 0 spiro atoms. The van der Waals surface area contributed by atoms with Gasteiger partial charge in [0.05, 0.1) is 24.1 Å². The minimum absolute atomic E-state index is 0.0311. The van der Waals surface area contributed by atoms with Gasteiger partial charge in [-0.1, -0.05) is 11.6 Å². The maximum atomic E-state index is 13.3. The Hall–Kier alpha value is -1.60. The van der Waals surface area contributed by atoms with Crippen LogP contribution >= 0.6 is 11.6 Å². The Morgan fingerprint density at radius 3 is 2.87 bits per heavy atom. The lowest BCUT2D eigenvalue weighted by Crippen LogP contribution is -2.06. The fourth-order valence-corrected chi connectivity index (χ4v) is 1.24. The minimum Gasteiger partial charge on any atom is -0.469 e. The molecule has 0 N–H and O–H groups in total. The van der Waals surface area contributed by atoms with E-state index in [9.17, 15) is 9.18 Å². The third kappa shape index (κ3) is 2.67. The summed E-state index contributed by atoms with van der Waals surface area (Å²) in [6.45, 7) is 0. The van der Waals surface area contributed by atoms with E-state index in [1.165, 1.54) is 13.2 Å². The summed E-state index contributed by atoms with van der Waals surface area (Å²) in [5.41, 5.74) is 0.236. The highest BCUT2D eigenvalue weighted by molar-refractivity contribution is 6.31. The molecule has 0 aromatic heterocycles. The van der Waals surface area contributed by atoms with Gasteiger partial charge in [-0.2, -0.15) is 5.26 Å². The van der Waals surface area contributed by atoms with Crippen LogP contribution in [0.3, 0.4) is 0 Å². The fourth-order valence-electron chi connectivity index (χ4n) is 1.04. The molecular weight excluding hydrogens is 221 g/mol. The number of esters is 1. The molecule has 15 heavy (non-hydrogen) atoms. The second-order valence-corrected chi connectivity index (χ2v) is 3.20. The number of hydrogen-bond acceptors (Lipinski definition) is 3. The molecule has 5 heteroatoms. The number of hydrogen-bond donors (Lipinski definition) is 0. The maximum absolute atomic E-state index is 13.3. The van der Waals surface area contributed by atoms with Crippen LogP contribution in [0.4, 0.5) is 4.39 Å². The average molecular weight is 228 g/mol. The Morgan fingerprint density at radius 1 is 1.67 bits per heavy atom. The maximum Gasteiger partial charge on any atom is 0.310 e. The average Bonchev–Trinajstić information content (AvgIpc) is 2.21. The Labute approximate surface area is 91.0 Å². The number of rotatable bonds is 2. The highest BCUT2D eigenvalue weighted by Gasteiger charge is 2.12. The number of methoxy groups -OCH3 is 1. The van der Waals surface area contributed by atoms with Crippen LogP contribution in [0.2, 0.25) is 5.02 Å². The van der Waals surface area contributed by atoms with Crippen molar-refractivity contribution in [1.29, 1.82) is 5.26 Å². The summed E-state index contributed by atoms with van der Waals surface area (Å²) < 4.78 is 17.7. The first kappa shape index (κ1) is 11.5. The molecule has 0 saturated carbocycles. The zero-order valence-electron chi connectivity index (χ0n) is 7.88. The highest BCUT2D eigenvalue weighted by atomic mass is 35.5. The Balaban J connectivity index is 3.09. The standard InChI is InChI=1S/C10H7ClFNO2/c1-15-10(14)3-6-2-7(5-13)8(11)4-9(6)12/h2,4H,3H2,1H3. The van der Waals surface area contributed by atoms with Crippen molar-refractivity contribution in [2.24, 2.45) is 0 Å². The van der Waals surface area contributed by atoms with Crippen LogP contribution in [-0.4, -0.2) is 13.1 Å². The highest BCUT2D eigenvalue weighted by Crippen LogP contribution is 2.20. The van der Waals surface area contributed by atoms with Gasteiger partial charge in [-0.3, -0.25) is 4.79 Å².